The highest BCUT2D eigenvalue weighted by Gasteiger charge is 2.14. The molecule has 114 valence electrons. The molecule has 0 radical (unpaired) electrons. The summed E-state index contributed by atoms with van der Waals surface area (Å²) in [6.07, 6.45) is 1.04. The van der Waals surface area contributed by atoms with Crippen LogP contribution in [0.25, 0.3) is 0 Å². The van der Waals surface area contributed by atoms with Crippen molar-refractivity contribution in [1.82, 2.24) is 4.57 Å². The van der Waals surface area contributed by atoms with Gasteiger partial charge in [0.2, 0.25) is 0 Å². The van der Waals surface area contributed by atoms with Crippen LogP contribution in [0.4, 0.5) is 5.69 Å². The number of ether oxygens (including phenoxy) is 1. The van der Waals surface area contributed by atoms with E-state index in [1.54, 1.807) is 12.1 Å². The maximum atomic E-state index is 11.9. The lowest BCUT2D eigenvalue weighted by atomic mass is 10.2. The molecule has 0 saturated heterocycles. The molecule has 2 rings (SSSR count). The fourth-order valence-corrected chi connectivity index (χ4v) is 1.91. The summed E-state index contributed by atoms with van der Waals surface area (Å²) in [6, 6.07) is 10.3. The van der Waals surface area contributed by atoms with Gasteiger partial charge in [-0.05, 0) is 12.5 Å². The highest BCUT2D eigenvalue weighted by molar-refractivity contribution is 5.69. The minimum atomic E-state index is -0.633. The summed E-state index contributed by atoms with van der Waals surface area (Å²) >= 11 is 0. The fourth-order valence-electron chi connectivity index (χ4n) is 1.91. The van der Waals surface area contributed by atoms with E-state index >= 15 is 0 Å². The zero-order valence-corrected chi connectivity index (χ0v) is 11.9. The molecule has 1 aromatic carbocycles. The predicted octanol–water partition coefficient (Wildman–Crippen LogP) is 1.81. The van der Waals surface area contributed by atoms with Gasteiger partial charge in [0, 0.05) is 11.6 Å². The first-order valence-corrected chi connectivity index (χ1v) is 6.52. The lowest BCUT2D eigenvalue weighted by Gasteiger charge is -2.08. The van der Waals surface area contributed by atoms with Gasteiger partial charge in [-0.25, -0.2) is 0 Å². The Bertz CT molecular complexity index is 752. The number of benzene rings is 1. The van der Waals surface area contributed by atoms with Gasteiger partial charge < -0.3 is 4.74 Å². The van der Waals surface area contributed by atoms with Crippen LogP contribution < -0.4 is 5.56 Å². The average molecular weight is 302 g/mol. The summed E-state index contributed by atoms with van der Waals surface area (Å²) in [5, 5.41) is 10.8. The molecule has 0 aliphatic rings. The molecular formula is C15H14N2O5. The molecule has 0 aliphatic carbocycles. The summed E-state index contributed by atoms with van der Waals surface area (Å²) < 4.78 is 6.05. The Hall–Kier alpha value is -2.96. The van der Waals surface area contributed by atoms with E-state index in [-0.39, 0.29) is 24.4 Å². The third-order valence-corrected chi connectivity index (χ3v) is 3.00. The molecule has 0 N–H and O–H groups in total. The number of rotatable bonds is 5. The average Bonchev–Trinajstić information content (AvgIpc) is 2.50. The molecule has 2 aromatic rings. The highest BCUT2D eigenvalue weighted by atomic mass is 16.6. The first kappa shape index (κ1) is 15.4. The van der Waals surface area contributed by atoms with Crippen molar-refractivity contribution in [2.24, 2.45) is 0 Å². The molecular weight excluding hydrogens is 288 g/mol. The van der Waals surface area contributed by atoms with Crippen molar-refractivity contribution in [3.63, 3.8) is 0 Å². The normalized spacial score (nSPS) is 10.2. The molecule has 0 saturated carbocycles. The van der Waals surface area contributed by atoms with Crippen LogP contribution in [0.2, 0.25) is 0 Å². The predicted molar refractivity (Wildman–Crippen MR) is 78.3 cm³/mol. The molecule has 7 heteroatoms. The minimum absolute atomic E-state index is 0.0856. The second-order valence-corrected chi connectivity index (χ2v) is 4.72. The number of nitro groups is 1. The van der Waals surface area contributed by atoms with Gasteiger partial charge in [-0.2, -0.15) is 0 Å². The number of esters is 1. The fraction of sp³-hybridized carbons (Fsp3) is 0.200. The van der Waals surface area contributed by atoms with Crippen LogP contribution >= 0.6 is 0 Å². The minimum Gasteiger partial charge on any atom is -0.459 e. The molecule has 1 heterocycles. The van der Waals surface area contributed by atoms with Gasteiger partial charge in [-0.3, -0.25) is 24.3 Å². The lowest BCUT2D eigenvalue weighted by molar-refractivity contribution is -0.385. The summed E-state index contributed by atoms with van der Waals surface area (Å²) in [6.45, 7) is 1.18. The van der Waals surface area contributed by atoms with E-state index in [9.17, 15) is 19.7 Å². The molecule has 7 nitrogen and oxygen atoms in total. The molecule has 1 aromatic heterocycles. The van der Waals surface area contributed by atoms with Crippen LogP contribution in [-0.2, 0) is 22.7 Å². The number of hydrogen-bond acceptors (Lipinski definition) is 5. The van der Waals surface area contributed by atoms with E-state index in [0.29, 0.717) is 0 Å². The number of aryl methyl sites for hydroxylation is 1. The van der Waals surface area contributed by atoms with Gasteiger partial charge in [0.05, 0.1) is 11.1 Å². The largest absolute Gasteiger partial charge is 0.459 e. The Morgan fingerprint density at radius 3 is 2.64 bits per heavy atom. The van der Waals surface area contributed by atoms with E-state index < -0.39 is 16.5 Å². The topological polar surface area (TPSA) is 91.4 Å². The van der Waals surface area contributed by atoms with Crippen molar-refractivity contribution in [3.8, 4) is 0 Å². The third kappa shape index (κ3) is 3.78. The molecule has 0 atom stereocenters. The molecule has 0 unspecified atom stereocenters. The first-order valence-electron chi connectivity index (χ1n) is 6.52. The van der Waals surface area contributed by atoms with Crippen molar-refractivity contribution >= 4 is 11.7 Å². The second kappa shape index (κ2) is 6.66. The Balaban J connectivity index is 2.08. The number of carbonyl (C=O) groups excluding carboxylic acids is 1. The standard InChI is InChI=1S/C15H14N2O5/c1-11-7-13(17(20)21)8-16(15(11)19)9-14(18)22-10-12-5-3-2-4-6-12/h2-8H,9-10H2,1H3. The SMILES string of the molecule is Cc1cc([N+](=O)[O-])cn(CC(=O)OCc2ccccc2)c1=O. The van der Waals surface area contributed by atoms with Crippen molar-refractivity contribution in [2.45, 2.75) is 20.1 Å². The van der Waals surface area contributed by atoms with Crippen LogP contribution in [-0.4, -0.2) is 15.5 Å². The number of pyridine rings is 1. The van der Waals surface area contributed by atoms with E-state index in [2.05, 4.69) is 0 Å². The van der Waals surface area contributed by atoms with Crippen molar-refractivity contribution in [1.29, 1.82) is 0 Å². The lowest BCUT2D eigenvalue weighted by Crippen LogP contribution is -2.26. The number of hydrogen-bond donors (Lipinski definition) is 0. The summed E-state index contributed by atoms with van der Waals surface area (Å²) in [5.41, 5.74) is 0.318. The molecule has 0 spiro atoms. The van der Waals surface area contributed by atoms with Crippen molar-refractivity contribution in [3.05, 3.63) is 74.2 Å². The van der Waals surface area contributed by atoms with Gasteiger partial charge in [0.1, 0.15) is 13.2 Å². The maximum Gasteiger partial charge on any atom is 0.326 e. The summed E-state index contributed by atoms with van der Waals surface area (Å²) in [4.78, 5) is 33.8. The van der Waals surface area contributed by atoms with Gasteiger partial charge in [0.25, 0.3) is 11.2 Å². The van der Waals surface area contributed by atoms with Crippen molar-refractivity contribution in [2.75, 3.05) is 0 Å². The zero-order chi connectivity index (χ0) is 16.1. The second-order valence-electron chi connectivity index (χ2n) is 4.72. The van der Waals surface area contributed by atoms with Gasteiger partial charge in [-0.15, -0.1) is 0 Å². The van der Waals surface area contributed by atoms with Crippen LogP contribution in [0.15, 0.2) is 47.4 Å². The molecule has 0 fully saturated rings. The van der Waals surface area contributed by atoms with E-state index in [4.69, 9.17) is 4.74 Å². The smallest absolute Gasteiger partial charge is 0.326 e. The molecule has 0 bridgehead atoms. The third-order valence-electron chi connectivity index (χ3n) is 3.00. The molecule has 22 heavy (non-hydrogen) atoms. The maximum absolute atomic E-state index is 11.9. The Morgan fingerprint density at radius 1 is 1.32 bits per heavy atom. The van der Waals surface area contributed by atoms with Gasteiger partial charge >= 0.3 is 5.97 Å². The van der Waals surface area contributed by atoms with Crippen molar-refractivity contribution < 1.29 is 14.5 Å². The van der Waals surface area contributed by atoms with E-state index in [0.717, 1.165) is 16.3 Å². The number of aromatic nitrogens is 1. The first-order chi connectivity index (χ1) is 10.5. The number of carbonyl (C=O) groups is 1. The van der Waals surface area contributed by atoms with Crippen LogP contribution in [0.1, 0.15) is 11.1 Å². The molecule has 0 aliphatic heterocycles. The summed E-state index contributed by atoms with van der Waals surface area (Å²) in [5.74, 6) is -0.633. The Labute approximate surface area is 125 Å². The van der Waals surface area contributed by atoms with Crippen LogP contribution in [0.3, 0.4) is 0 Å². The van der Waals surface area contributed by atoms with Gasteiger partial charge in [-0.1, -0.05) is 30.3 Å². The number of nitrogens with zero attached hydrogens (tertiary/aromatic N) is 2. The summed E-state index contributed by atoms with van der Waals surface area (Å²) in [7, 11) is 0. The highest BCUT2D eigenvalue weighted by Crippen LogP contribution is 2.10. The van der Waals surface area contributed by atoms with Gasteiger partial charge in [0.15, 0.2) is 0 Å². The molecule has 0 amide bonds. The Kier molecular flexibility index (Phi) is 4.67. The monoisotopic (exact) mass is 302 g/mol. The van der Waals surface area contributed by atoms with Crippen LogP contribution in [0, 0.1) is 17.0 Å². The zero-order valence-electron chi connectivity index (χ0n) is 11.9. The quantitative estimate of drug-likeness (QED) is 0.477. The van der Waals surface area contributed by atoms with E-state index in [1.165, 1.54) is 13.0 Å². The van der Waals surface area contributed by atoms with E-state index in [1.807, 2.05) is 18.2 Å². The Morgan fingerprint density at radius 2 is 2.00 bits per heavy atom. The van der Waals surface area contributed by atoms with Crippen LogP contribution in [0.5, 0.6) is 0 Å².